The monoisotopic (exact) mass is 314 g/mol. The minimum Gasteiger partial charge on any atom is -0.437 e. The maximum atomic E-state index is 12.5. The van der Waals surface area contributed by atoms with E-state index in [2.05, 4.69) is 4.98 Å². The zero-order chi connectivity index (χ0) is 16.1. The Hall–Kier alpha value is -2.14. The summed E-state index contributed by atoms with van der Waals surface area (Å²) in [7, 11) is 0. The largest absolute Gasteiger partial charge is 0.437 e. The molecule has 1 aromatic carbocycles. The Morgan fingerprint density at radius 3 is 3.00 bits per heavy atom. The molecule has 3 rings (SSSR count). The molecular weight excluding hydrogens is 292 g/mol. The number of carbonyl (C=O) groups excluding carboxylic acids is 1. The van der Waals surface area contributed by atoms with E-state index in [1.54, 1.807) is 6.20 Å². The van der Waals surface area contributed by atoms with Crippen LogP contribution in [0.25, 0.3) is 0 Å². The highest BCUT2D eigenvalue weighted by molar-refractivity contribution is 5.89. The number of carbonyl (C=O) groups is 1. The van der Waals surface area contributed by atoms with Crippen LogP contribution in [0.15, 0.2) is 40.9 Å². The molecule has 0 saturated carbocycles. The molecule has 1 aliphatic rings. The predicted octanol–water partition coefficient (Wildman–Crippen LogP) is 2.76. The molecule has 1 unspecified atom stereocenters. The number of benzene rings is 1. The third-order valence-electron chi connectivity index (χ3n) is 4.09. The first kappa shape index (κ1) is 15.7. The molecule has 1 saturated heterocycles. The summed E-state index contributed by atoms with van der Waals surface area (Å²) in [5.74, 6) is 1.19. The summed E-state index contributed by atoms with van der Waals surface area (Å²) >= 11 is 0. The average molecular weight is 314 g/mol. The topological polar surface area (TPSA) is 55.6 Å². The van der Waals surface area contributed by atoms with Gasteiger partial charge in [0.15, 0.2) is 0 Å². The lowest BCUT2D eigenvalue weighted by Gasteiger charge is -2.14. The van der Waals surface area contributed by atoms with Crippen LogP contribution >= 0.6 is 0 Å². The molecular formula is C18H22N2O3. The molecule has 0 radical (unpaired) electrons. The zero-order valence-electron chi connectivity index (χ0n) is 13.4. The van der Waals surface area contributed by atoms with Gasteiger partial charge in [-0.15, -0.1) is 0 Å². The van der Waals surface area contributed by atoms with Gasteiger partial charge in [0.1, 0.15) is 5.76 Å². The van der Waals surface area contributed by atoms with Gasteiger partial charge >= 0.3 is 5.91 Å². The molecule has 5 heteroatoms. The van der Waals surface area contributed by atoms with Crippen molar-refractivity contribution in [2.24, 2.45) is 5.92 Å². The molecule has 1 fully saturated rings. The molecule has 1 aliphatic heterocycles. The number of aromatic nitrogens is 1. The third kappa shape index (κ3) is 3.99. The van der Waals surface area contributed by atoms with Crippen molar-refractivity contribution >= 4 is 5.91 Å². The molecule has 0 N–H and O–H groups in total. The minimum absolute atomic E-state index is 0.122. The maximum absolute atomic E-state index is 12.5. The van der Waals surface area contributed by atoms with E-state index in [0.29, 0.717) is 31.3 Å². The molecule has 23 heavy (non-hydrogen) atoms. The van der Waals surface area contributed by atoms with Gasteiger partial charge in [0, 0.05) is 32.0 Å². The number of nitrogens with zero attached hydrogens (tertiary/aromatic N) is 2. The van der Waals surface area contributed by atoms with E-state index < -0.39 is 0 Å². The Balaban J connectivity index is 1.58. The van der Waals surface area contributed by atoms with Gasteiger partial charge in [-0.25, -0.2) is 4.98 Å². The Kier molecular flexibility index (Phi) is 5.08. The summed E-state index contributed by atoms with van der Waals surface area (Å²) in [6.07, 6.45) is 3.27. The van der Waals surface area contributed by atoms with Gasteiger partial charge in [-0.05, 0) is 18.9 Å². The van der Waals surface area contributed by atoms with Crippen LogP contribution < -0.4 is 0 Å². The number of hydrogen-bond donors (Lipinski definition) is 0. The van der Waals surface area contributed by atoms with Crippen LogP contribution in [0.3, 0.4) is 0 Å². The second kappa shape index (κ2) is 7.42. The van der Waals surface area contributed by atoms with E-state index in [-0.39, 0.29) is 11.8 Å². The van der Waals surface area contributed by atoms with Gasteiger partial charge in [0.05, 0.1) is 12.8 Å². The van der Waals surface area contributed by atoms with Crippen LogP contribution in [0.4, 0.5) is 0 Å². The minimum atomic E-state index is -0.122. The summed E-state index contributed by atoms with van der Waals surface area (Å²) in [6.45, 7) is 4.87. The molecule has 1 amide bonds. The van der Waals surface area contributed by atoms with Crippen molar-refractivity contribution in [2.75, 3.05) is 26.3 Å². The number of hydrogen-bond acceptors (Lipinski definition) is 4. The van der Waals surface area contributed by atoms with Gasteiger partial charge in [-0.2, -0.15) is 0 Å². The molecule has 1 aromatic heterocycles. The number of ether oxygens (including phenoxy) is 1. The van der Waals surface area contributed by atoms with E-state index in [0.717, 1.165) is 25.1 Å². The lowest BCUT2D eigenvalue weighted by Crippen LogP contribution is -2.29. The fourth-order valence-corrected chi connectivity index (χ4v) is 2.86. The van der Waals surface area contributed by atoms with Crippen molar-refractivity contribution in [1.29, 1.82) is 0 Å². The van der Waals surface area contributed by atoms with Crippen molar-refractivity contribution in [3.05, 3.63) is 53.7 Å². The van der Waals surface area contributed by atoms with Crippen molar-refractivity contribution in [1.82, 2.24) is 9.88 Å². The highest BCUT2D eigenvalue weighted by Crippen LogP contribution is 2.19. The van der Waals surface area contributed by atoms with E-state index in [9.17, 15) is 4.79 Å². The van der Waals surface area contributed by atoms with Crippen LogP contribution in [0.5, 0.6) is 0 Å². The number of oxazole rings is 1. The normalized spacial score (nSPS) is 17.6. The van der Waals surface area contributed by atoms with Crippen LogP contribution in [0.1, 0.15) is 35.4 Å². The molecule has 0 bridgehead atoms. The van der Waals surface area contributed by atoms with Crippen molar-refractivity contribution < 1.29 is 13.9 Å². The molecule has 0 spiro atoms. The number of amides is 1. The molecule has 0 aliphatic carbocycles. The smallest absolute Gasteiger partial charge is 0.309 e. The Labute approximate surface area is 136 Å². The highest BCUT2D eigenvalue weighted by Gasteiger charge is 2.29. The summed E-state index contributed by atoms with van der Waals surface area (Å²) in [6, 6.07) is 10.0. The highest BCUT2D eigenvalue weighted by atomic mass is 16.5. The quantitative estimate of drug-likeness (QED) is 0.822. The van der Waals surface area contributed by atoms with Gasteiger partial charge in [0.25, 0.3) is 5.89 Å². The molecule has 2 heterocycles. The van der Waals surface area contributed by atoms with Crippen molar-refractivity contribution in [3.8, 4) is 0 Å². The van der Waals surface area contributed by atoms with Crippen LogP contribution in [0.2, 0.25) is 0 Å². The first-order chi connectivity index (χ1) is 11.3. The van der Waals surface area contributed by atoms with E-state index in [4.69, 9.17) is 9.15 Å². The van der Waals surface area contributed by atoms with E-state index >= 15 is 0 Å². The zero-order valence-corrected chi connectivity index (χ0v) is 13.4. The average Bonchev–Trinajstić information content (AvgIpc) is 3.23. The van der Waals surface area contributed by atoms with Crippen LogP contribution in [0, 0.1) is 5.92 Å². The molecule has 122 valence electrons. The molecule has 5 nitrogen and oxygen atoms in total. The number of rotatable bonds is 6. The van der Waals surface area contributed by atoms with Gasteiger partial charge in [-0.3, -0.25) is 4.79 Å². The summed E-state index contributed by atoms with van der Waals surface area (Å²) in [5.41, 5.74) is 1.14. The fourth-order valence-electron chi connectivity index (χ4n) is 2.86. The number of likely N-dealkylation sites (tertiary alicyclic amines) is 1. The molecule has 2 aromatic rings. The predicted molar refractivity (Wildman–Crippen MR) is 86.3 cm³/mol. The van der Waals surface area contributed by atoms with E-state index in [1.807, 2.05) is 42.2 Å². The van der Waals surface area contributed by atoms with Crippen molar-refractivity contribution in [3.63, 3.8) is 0 Å². The first-order valence-electron chi connectivity index (χ1n) is 8.12. The van der Waals surface area contributed by atoms with Crippen LogP contribution in [-0.2, 0) is 11.2 Å². The fraction of sp³-hybridized carbons (Fsp3) is 0.444. The van der Waals surface area contributed by atoms with Gasteiger partial charge in [0.2, 0.25) is 0 Å². The van der Waals surface area contributed by atoms with E-state index in [1.165, 1.54) is 0 Å². The Morgan fingerprint density at radius 1 is 1.39 bits per heavy atom. The molecule has 1 atom stereocenters. The standard InChI is InChI=1S/C18H22N2O3/c1-2-22-13-15-8-9-20(12-15)18(21)17-19-11-16(23-17)10-14-6-4-3-5-7-14/h3-7,11,15H,2,8-10,12-13H2,1H3. The summed E-state index contributed by atoms with van der Waals surface area (Å²) in [4.78, 5) is 18.4. The third-order valence-corrected chi connectivity index (χ3v) is 4.09. The Bertz CT molecular complexity index is 639. The van der Waals surface area contributed by atoms with Crippen LogP contribution in [-0.4, -0.2) is 42.1 Å². The summed E-state index contributed by atoms with van der Waals surface area (Å²) < 4.78 is 11.1. The lowest BCUT2D eigenvalue weighted by atomic mass is 10.1. The second-order valence-electron chi connectivity index (χ2n) is 5.86. The van der Waals surface area contributed by atoms with Gasteiger partial charge in [-0.1, -0.05) is 30.3 Å². The summed E-state index contributed by atoms with van der Waals surface area (Å²) in [5, 5.41) is 0. The Morgan fingerprint density at radius 2 is 2.22 bits per heavy atom. The SMILES string of the molecule is CCOCC1CCN(C(=O)c2ncc(Cc3ccccc3)o2)C1. The lowest BCUT2D eigenvalue weighted by molar-refractivity contribution is 0.0723. The second-order valence-corrected chi connectivity index (χ2v) is 5.86. The van der Waals surface area contributed by atoms with Gasteiger partial charge < -0.3 is 14.1 Å². The van der Waals surface area contributed by atoms with Crippen molar-refractivity contribution in [2.45, 2.75) is 19.8 Å². The first-order valence-corrected chi connectivity index (χ1v) is 8.12. The maximum Gasteiger partial charge on any atom is 0.309 e.